The molecule has 0 radical (unpaired) electrons. The zero-order chi connectivity index (χ0) is 21.3. The van der Waals surface area contributed by atoms with Gasteiger partial charge in [0.05, 0.1) is 20.1 Å². The van der Waals surface area contributed by atoms with Gasteiger partial charge in [0.2, 0.25) is 5.71 Å². The second-order valence-corrected chi connectivity index (χ2v) is 8.83. The highest BCUT2D eigenvalue weighted by Crippen LogP contribution is 2.41. The Morgan fingerprint density at radius 3 is 2.55 bits per heavy atom. The van der Waals surface area contributed by atoms with Gasteiger partial charge in [0, 0.05) is 31.1 Å². The van der Waals surface area contributed by atoms with Crippen LogP contribution in [0.1, 0.15) is 19.8 Å². The van der Waals surface area contributed by atoms with Crippen molar-refractivity contribution in [3.63, 3.8) is 0 Å². The van der Waals surface area contributed by atoms with E-state index in [0.29, 0.717) is 12.3 Å². The van der Waals surface area contributed by atoms with E-state index in [9.17, 15) is 24.3 Å². The predicted octanol–water partition coefficient (Wildman–Crippen LogP) is -0.443. The van der Waals surface area contributed by atoms with Crippen molar-refractivity contribution in [1.82, 2.24) is 10.2 Å². The normalized spacial score (nSPS) is 26.0. The van der Waals surface area contributed by atoms with E-state index in [1.54, 1.807) is 0 Å². The number of likely N-dealkylation sites (tertiary alicyclic amines) is 1. The van der Waals surface area contributed by atoms with Crippen molar-refractivity contribution in [3.05, 3.63) is 11.3 Å². The zero-order valence-corrected chi connectivity index (χ0v) is 17.5. The third-order valence-electron chi connectivity index (χ3n) is 5.49. The fraction of sp³-hybridized carbons (Fsp3) is 0.611. The molecule has 0 aromatic carbocycles. The first kappa shape index (κ1) is 21.3. The molecule has 0 aliphatic carbocycles. The number of fused-ring (bicyclic) bond motifs is 1. The molecule has 0 spiro atoms. The van der Waals surface area contributed by atoms with Gasteiger partial charge in [-0.25, -0.2) is 4.79 Å². The number of rotatable bonds is 7. The number of carbonyl (C=O) groups excluding carboxylic acids is 3. The first-order valence-corrected chi connectivity index (χ1v) is 10.4. The number of thioether (sulfide) groups is 1. The van der Waals surface area contributed by atoms with Gasteiger partial charge in [-0.1, -0.05) is 5.16 Å². The van der Waals surface area contributed by atoms with Crippen molar-refractivity contribution < 1.29 is 33.6 Å². The monoisotopic (exact) mass is 425 g/mol. The Balaban J connectivity index is 1.78. The number of hydrogen-bond donors (Lipinski definition) is 2. The largest absolute Gasteiger partial charge is 0.477 e. The number of nitrogens with one attached hydrogen (secondary N) is 1. The van der Waals surface area contributed by atoms with Crippen LogP contribution in [0.25, 0.3) is 0 Å². The van der Waals surface area contributed by atoms with Crippen molar-refractivity contribution in [2.24, 2.45) is 5.16 Å². The number of quaternary nitrogens is 1. The second kappa shape index (κ2) is 8.15. The Kier molecular flexibility index (Phi) is 5.99. The SMILES string of the molecule is CO/N=C(/C(C)=O)C(=O)N[C@@H]1C(=O)N2C(C(=O)O)=C(C[N+]3(C)CCCC3)CS[C@H]12. The number of carboxylic acid groups (broad SMARTS) is 1. The molecule has 2 N–H and O–H groups in total. The Bertz CT molecular complexity index is 817. The average molecular weight is 425 g/mol. The molecule has 3 rings (SSSR count). The first-order chi connectivity index (χ1) is 13.7. The molecule has 0 unspecified atom stereocenters. The lowest BCUT2D eigenvalue weighted by atomic mass is 10.0. The van der Waals surface area contributed by atoms with Crippen LogP contribution in [0.5, 0.6) is 0 Å². The molecular weight excluding hydrogens is 400 g/mol. The lowest BCUT2D eigenvalue weighted by molar-refractivity contribution is -0.893. The van der Waals surface area contributed by atoms with Gasteiger partial charge in [0.15, 0.2) is 5.78 Å². The smallest absolute Gasteiger partial charge is 0.352 e. The molecule has 10 nitrogen and oxygen atoms in total. The van der Waals surface area contributed by atoms with Crippen LogP contribution in [-0.4, -0.2) is 94.7 Å². The standard InChI is InChI=1S/C18H24N4O6S/c1-10(23)12(20-28-3)15(24)19-13-16(25)21-14(18(26)27)11(9-29-17(13)21)8-22(2)6-4-5-7-22/h13,17H,4-9H2,1-3H3,(H-,19,24,26,27)/p+1/b20-12-/t13-,17-/m1/s1. The molecular formula is C18H25N4O6S+. The van der Waals surface area contributed by atoms with E-state index in [-0.39, 0.29) is 5.70 Å². The fourth-order valence-electron chi connectivity index (χ4n) is 4.09. The van der Waals surface area contributed by atoms with Crippen LogP contribution in [0.3, 0.4) is 0 Å². The lowest BCUT2D eigenvalue weighted by Crippen LogP contribution is -2.71. The molecule has 2 atom stereocenters. The number of amides is 2. The number of hydrogen-bond acceptors (Lipinski definition) is 7. The quantitative estimate of drug-likeness (QED) is 0.186. The molecule has 3 aliphatic heterocycles. The van der Waals surface area contributed by atoms with Crippen LogP contribution in [-0.2, 0) is 24.0 Å². The second-order valence-electron chi connectivity index (χ2n) is 7.73. The van der Waals surface area contributed by atoms with Gasteiger partial charge in [0.25, 0.3) is 11.8 Å². The van der Waals surface area contributed by atoms with Crippen molar-refractivity contribution >= 4 is 41.0 Å². The molecule has 0 aromatic heterocycles. The molecule has 2 saturated heterocycles. The maximum Gasteiger partial charge on any atom is 0.352 e. The molecule has 0 aromatic rings. The summed E-state index contributed by atoms with van der Waals surface area (Å²) in [4.78, 5) is 54.3. The summed E-state index contributed by atoms with van der Waals surface area (Å²) in [5.41, 5.74) is 0.320. The maximum atomic E-state index is 12.7. The van der Waals surface area contributed by atoms with Crippen molar-refractivity contribution in [2.75, 3.05) is 39.5 Å². The summed E-state index contributed by atoms with van der Waals surface area (Å²) in [5, 5.41) is 15.1. The first-order valence-electron chi connectivity index (χ1n) is 9.35. The molecule has 0 saturated carbocycles. The van der Waals surface area contributed by atoms with Gasteiger partial charge in [-0.05, 0) is 0 Å². The molecule has 29 heavy (non-hydrogen) atoms. The highest BCUT2D eigenvalue weighted by molar-refractivity contribution is 8.00. The number of nitrogens with zero attached hydrogens (tertiary/aromatic N) is 3. The van der Waals surface area contributed by atoms with Crippen LogP contribution in [0, 0.1) is 0 Å². The summed E-state index contributed by atoms with van der Waals surface area (Å²) in [7, 11) is 3.31. The minimum Gasteiger partial charge on any atom is -0.477 e. The summed E-state index contributed by atoms with van der Waals surface area (Å²) < 4.78 is 0.773. The molecule has 2 fully saturated rings. The number of carboxylic acids is 1. The third kappa shape index (κ3) is 4.01. The van der Waals surface area contributed by atoms with E-state index in [0.717, 1.165) is 36.0 Å². The minimum absolute atomic E-state index is 0.0212. The van der Waals surface area contributed by atoms with Crippen LogP contribution < -0.4 is 5.32 Å². The van der Waals surface area contributed by atoms with E-state index >= 15 is 0 Å². The summed E-state index contributed by atoms with van der Waals surface area (Å²) in [5.74, 6) is -2.59. The Morgan fingerprint density at radius 1 is 1.34 bits per heavy atom. The maximum absolute atomic E-state index is 12.7. The number of β-lactam (4-membered cyclic amide) rings is 1. The Morgan fingerprint density at radius 2 is 2.00 bits per heavy atom. The number of aliphatic carboxylic acids is 1. The highest BCUT2D eigenvalue weighted by atomic mass is 32.2. The predicted molar refractivity (Wildman–Crippen MR) is 105 cm³/mol. The van der Waals surface area contributed by atoms with Crippen LogP contribution in [0.15, 0.2) is 16.4 Å². The summed E-state index contributed by atoms with van der Waals surface area (Å²) in [6.07, 6.45) is 2.22. The highest BCUT2D eigenvalue weighted by Gasteiger charge is 2.55. The Hall–Kier alpha value is -2.40. The van der Waals surface area contributed by atoms with Crippen molar-refractivity contribution in [1.29, 1.82) is 0 Å². The van der Waals surface area contributed by atoms with E-state index < -0.39 is 40.7 Å². The Labute approximate surface area is 172 Å². The van der Waals surface area contributed by atoms with Crippen LogP contribution >= 0.6 is 11.8 Å². The molecule has 0 bridgehead atoms. The van der Waals surface area contributed by atoms with Crippen molar-refractivity contribution in [3.8, 4) is 0 Å². The van der Waals surface area contributed by atoms with Crippen molar-refractivity contribution in [2.45, 2.75) is 31.2 Å². The van der Waals surface area contributed by atoms with Gasteiger partial charge in [0.1, 0.15) is 30.8 Å². The number of oxime groups is 1. The number of ketones is 1. The van der Waals surface area contributed by atoms with E-state index in [2.05, 4.69) is 22.4 Å². The molecule has 158 valence electrons. The van der Waals surface area contributed by atoms with E-state index in [4.69, 9.17) is 0 Å². The summed E-state index contributed by atoms with van der Waals surface area (Å²) in [6, 6.07) is -0.915. The number of Topliss-reactive ketones (excluding diaryl/α,β-unsaturated/α-hetero) is 1. The van der Waals surface area contributed by atoms with Crippen LogP contribution in [0.2, 0.25) is 0 Å². The number of carbonyl (C=O) groups is 4. The number of likely N-dealkylation sites (N-methyl/N-ethyl adjacent to an activating group) is 1. The fourth-order valence-corrected chi connectivity index (χ4v) is 5.42. The van der Waals surface area contributed by atoms with E-state index in [1.165, 1.54) is 30.7 Å². The lowest BCUT2D eigenvalue weighted by Gasteiger charge is -2.49. The van der Waals surface area contributed by atoms with Crippen LogP contribution in [0.4, 0.5) is 0 Å². The minimum atomic E-state index is -1.14. The summed E-state index contributed by atoms with van der Waals surface area (Å²) >= 11 is 1.41. The summed E-state index contributed by atoms with van der Waals surface area (Å²) in [6.45, 7) is 3.74. The average Bonchev–Trinajstić information content (AvgIpc) is 3.09. The molecule has 3 heterocycles. The van der Waals surface area contributed by atoms with Gasteiger partial charge < -0.3 is 19.7 Å². The van der Waals surface area contributed by atoms with Gasteiger partial charge >= 0.3 is 5.97 Å². The molecule has 3 aliphatic rings. The third-order valence-corrected chi connectivity index (χ3v) is 6.83. The molecule has 11 heteroatoms. The molecule has 2 amide bonds. The van der Waals surface area contributed by atoms with E-state index in [1.807, 2.05) is 0 Å². The van der Waals surface area contributed by atoms with Gasteiger partial charge in [-0.3, -0.25) is 19.3 Å². The topological polar surface area (TPSA) is 125 Å². The van der Waals surface area contributed by atoms with Gasteiger partial charge in [-0.15, -0.1) is 11.8 Å². The van der Waals surface area contributed by atoms with Gasteiger partial charge in [-0.2, -0.15) is 0 Å². The zero-order valence-electron chi connectivity index (χ0n) is 16.6.